The van der Waals surface area contributed by atoms with Gasteiger partial charge in [-0.2, -0.15) is 0 Å². The monoisotopic (exact) mass is 826 g/mol. The van der Waals surface area contributed by atoms with Crippen molar-refractivity contribution in [2.24, 2.45) is 16.7 Å². The minimum absolute atomic E-state index is 0.0377. The molecule has 3 heteroatoms. The standard InChI is InChI=1S/C31H37.C13H8Cl2.C7H9.Zr/c1-28(2,3)26-16-30(7,8)24-12-18-11-19-13-25-23(15-21(19)20(18)14-22(24)26)27(29(4,5)6)17-31(25,9)10;14-12-5-1-3-10(8-12)7-11-4-2-6-13(15)9-11;1-6-3-4-7(2)5-6;/h11-17H,1-10H3;1-6,8-9H;3,5,7H,1-2H3;. The molecule has 0 aliphatic heterocycles. The van der Waals surface area contributed by atoms with Crippen LogP contribution in [0, 0.1) is 16.7 Å². The van der Waals surface area contributed by atoms with E-state index in [0.717, 1.165) is 10.0 Å². The molecule has 0 heterocycles. The summed E-state index contributed by atoms with van der Waals surface area (Å²) in [5.41, 5.74) is 18.3. The van der Waals surface area contributed by atoms with Crippen molar-refractivity contribution in [2.75, 3.05) is 0 Å². The van der Waals surface area contributed by atoms with Crippen molar-refractivity contribution in [3.63, 3.8) is 0 Å². The molecule has 4 aliphatic rings. The van der Waals surface area contributed by atoms with E-state index in [-0.39, 0.29) is 25.3 Å². The molecule has 1 unspecified atom stereocenters. The fraction of sp³-hybridized carbons (Fsp3) is 0.353. The van der Waals surface area contributed by atoms with E-state index in [1.807, 2.05) is 12.1 Å². The van der Waals surface area contributed by atoms with E-state index in [4.69, 9.17) is 23.2 Å². The van der Waals surface area contributed by atoms with E-state index in [1.54, 1.807) is 3.28 Å². The maximum atomic E-state index is 6.88. The van der Waals surface area contributed by atoms with E-state index < -0.39 is 21.3 Å². The average molecular weight is 829 g/mol. The van der Waals surface area contributed by atoms with Gasteiger partial charge < -0.3 is 0 Å². The SMILES string of the molecule is CC1=CC(C)[C]([Zr](=[C](c2cccc(Cl)c2)c2cccc(Cl)c2)[CH]2c3cc4c(cc3-c3cc5c(cc32)C(C)(C)C=C5C(C)(C)C)C(C(C)(C)C)=CC4(C)C)=C1. The summed E-state index contributed by atoms with van der Waals surface area (Å²) in [6, 6.07) is 27.8. The predicted molar refractivity (Wildman–Crippen MR) is 232 cm³/mol. The zero-order valence-corrected chi connectivity index (χ0v) is 38.1. The van der Waals surface area contributed by atoms with Gasteiger partial charge >= 0.3 is 345 Å². The van der Waals surface area contributed by atoms with Crippen LogP contribution in [0.25, 0.3) is 22.3 Å². The molecule has 4 aromatic carbocycles. The number of hydrogen-bond acceptors (Lipinski definition) is 0. The van der Waals surface area contributed by atoms with Crippen molar-refractivity contribution in [3.8, 4) is 11.1 Å². The molecule has 0 spiro atoms. The van der Waals surface area contributed by atoms with E-state index >= 15 is 0 Å². The summed E-state index contributed by atoms with van der Waals surface area (Å²) in [5.74, 6) is 0.361. The first-order chi connectivity index (χ1) is 25.2. The Hall–Kier alpha value is -2.83. The topological polar surface area (TPSA) is 0 Å². The molecule has 276 valence electrons. The minimum atomic E-state index is -3.10. The van der Waals surface area contributed by atoms with Crippen molar-refractivity contribution >= 4 is 37.6 Å². The summed E-state index contributed by atoms with van der Waals surface area (Å²) >= 11 is 10.7. The third-order valence-corrected chi connectivity index (χ3v) is 21.5. The molecule has 0 radical (unpaired) electrons. The molecular weight excluding hydrogens is 775 g/mol. The Morgan fingerprint density at radius 2 is 1.07 bits per heavy atom. The Labute approximate surface area is 342 Å². The molecule has 0 amide bonds. The van der Waals surface area contributed by atoms with Gasteiger partial charge in [0.25, 0.3) is 0 Å². The molecule has 0 aromatic heterocycles. The normalized spacial score (nSPS) is 19.4. The first-order valence-electron chi connectivity index (χ1n) is 19.7. The molecule has 54 heavy (non-hydrogen) atoms. The predicted octanol–water partition coefficient (Wildman–Crippen LogP) is 14.9. The fourth-order valence-corrected chi connectivity index (χ4v) is 19.9. The van der Waals surface area contributed by atoms with E-state index in [0.29, 0.717) is 5.92 Å². The Balaban J connectivity index is 1.54. The Kier molecular flexibility index (Phi) is 9.06. The van der Waals surface area contributed by atoms with E-state index in [2.05, 4.69) is 168 Å². The van der Waals surface area contributed by atoms with E-state index in [1.165, 1.54) is 75.6 Å². The van der Waals surface area contributed by atoms with Crippen molar-refractivity contribution in [3.05, 3.63) is 161 Å². The van der Waals surface area contributed by atoms with Crippen LogP contribution in [0.4, 0.5) is 0 Å². The average Bonchev–Trinajstić information content (AvgIpc) is 3.74. The van der Waals surface area contributed by atoms with Gasteiger partial charge in [-0.15, -0.1) is 0 Å². The zero-order valence-electron chi connectivity index (χ0n) is 34.1. The van der Waals surface area contributed by atoms with Crippen LogP contribution in [0.15, 0.2) is 106 Å². The van der Waals surface area contributed by atoms with Crippen molar-refractivity contribution < 1.29 is 21.3 Å². The first kappa shape index (κ1) is 38.1. The molecule has 4 aromatic rings. The summed E-state index contributed by atoms with van der Waals surface area (Å²) in [4.78, 5) is 0. The van der Waals surface area contributed by atoms with Crippen molar-refractivity contribution in [1.82, 2.24) is 0 Å². The van der Waals surface area contributed by atoms with Crippen LogP contribution in [0.5, 0.6) is 0 Å². The second-order valence-corrected chi connectivity index (χ2v) is 26.5. The van der Waals surface area contributed by atoms with Gasteiger partial charge in [0.1, 0.15) is 0 Å². The number of allylic oxidation sites excluding steroid dienone is 8. The Morgan fingerprint density at radius 3 is 1.44 bits per heavy atom. The molecule has 0 saturated heterocycles. The molecule has 0 nitrogen and oxygen atoms in total. The van der Waals surface area contributed by atoms with Gasteiger partial charge in [0.15, 0.2) is 0 Å². The van der Waals surface area contributed by atoms with Crippen LogP contribution in [0.3, 0.4) is 0 Å². The summed E-state index contributed by atoms with van der Waals surface area (Å²) in [5, 5.41) is 1.54. The number of fused-ring (bicyclic) bond motifs is 5. The van der Waals surface area contributed by atoms with Crippen LogP contribution in [0.1, 0.15) is 131 Å². The van der Waals surface area contributed by atoms with Crippen molar-refractivity contribution in [1.29, 1.82) is 0 Å². The molecular formula is C51H54Cl2Zr. The van der Waals surface area contributed by atoms with Gasteiger partial charge in [-0.25, -0.2) is 0 Å². The maximum absolute atomic E-state index is 6.88. The Bertz CT molecular complexity index is 2300. The molecule has 8 rings (SSSR count). The van der Waals surface area contributed by atoms with Crippen LogP contribution in [0.2, 0.25) is 10.0 Å². The summed E-state index contributed by atoms with van der Waals surface area (Å²) in [6.45, 7) is 28.6. The second kappa shape index (κ2) is 12.8. The van der Waals surface area contributed by atoms with Crippen LogP contribution in [-0.2, 0) is 32.1 Å². The van der Waals surface area contributed by atoms with Gasteiger partial charge in [-0.05, 0) is 0 Å². The van der Waals surface area contributed by atoms with Gasteiger partial charge in [0.05, 0.1) is 0 Å². The number of rotatable bonds is 4. The quantitative estimate of drug-likeness (QED) is 0.192. The van der Waals surface area contributed by atoms with Gasteiger partial charge in [0, 0.05) is 0 Å². The van der Waals surface area contributed by atoms with E-state index in [9.17, 15) is 0 Å². The molecule has 4 aliphatic carbocycles. The van der Waals surface area contributed by atoms with Crippen LogP contribution in [-0.4, -0.2) is 3.21 Å². The molecule has 0 fully saturated rings. The van der Waals surface area contributed by atoms with Crippen molar-refractivity contribution in [2.45, 2.75) is 97.5 Å². The summed E-state index contributed by atoms with van der Waals surface area (Å²) in [7, 11) is 0. The summed E-state index contributed by atoms with van der Waals surface area (Å²) < 4.78 is 3.36. The zero-order chi connectivity index (χ0) is 38.9. The summed E-state index contributed by atoms with van der Waals surface area (Å²) in [6.07, 6.45) is 10.1. The number of hydrogen-bond donors (Lipinski definition) is 0. The van der Waals surface area contributed by atoms with Gasteiger partial charge in [-0.1, -0.05) is 0 Å². The Morgan fingerprint density at radius 1 is 0.630 bits per heavy atom. The number of benzene rings is 4. The molecule has 0 N–H and O–H groups in total. The fourth-order valence-electron chi connectivity index (χ4n) is 9.89. The first-order valence-corrected chi connectivity index (χ1v) is 24.3. The molecule has 0 bridgehead atoms. The molecule has 1 atom stereocenters. The third kappa shape index (κ3) is 6.25. The number of halogens is 2. The van der Waals surface area contributed by atoms with Gasteiger partial charge in [0.2, 0.25) is 0 Å². The molecule has 0 saturated carbocycles. The third-order valence-electron chi connectivity index (χ3n) is 12.4. The van der Waals surface area contributed by atoms with Gasteiger partial charge in [-0.3, -0.25) is 0 Å². The second-order valence-electron chi connectivity index (χ2n) is 19.6. The van der Waals surface area contributed by atoms with Crippen LogP contribution < -0.4 is 0 Å². The van der Waals surface area contributed by atoms with Crippen LogP contribution >= 0.6 is 23.2 Å².